The number of esters is 3. The highest BCUT2D eigenvalue weighted by atomic mass is 16.6. The molecule has 0 spiro atoms. The molecule has 0 radical (unpaired) electrons. The molecule has 0 fully saturated rings. The fourth-order valence-electron chi connectivity index (χ4n) is 9.97. The summed E-state index contributed by atoms with van der Waals surface area (Å²) in [6, 6.07) is 0. The molecule has 0 aliphatic heterocycles. The Morgan fingerprint density at radius 1 is 0.263 bits per heavy atom. The molecule has 0 amide bonds. The fourth-order valence-corrected chi connectivity index (χ4v) is 9.97. The van der Waals surface area contributed by atoms with Gasteiger partial charge < -0.3 is 14.2 Å². The highest BCUT2D eigenvalue weighted by molar-refractivity contribution is 5.71. The Labute approximate surface area is 496 Å². The van der Waals surface area contributed by atoms with E-state index in [1.165, 1.54) is 205 Å². The second-order valence-corrected chi connectivity index (χ2v) is 23.1. The lowest BCUT2D eigenvalue weighted by molar-refractivity contribution is -0.167. The molecule has 1 unspecified atom stereocenters. The van der Waals surface area contributed by atoms with Crippen LogP contribution in [0.25, 0.3) is 0 Å². The van der Waals surface area contributed by atoms with E-state index in [4.69, 9.17) is 14.2 Å². The lowest BCUT2D eigenvalue weighted by Crippen LogP contribution is -2.30. The zero-order valence-corrected chi connectivity index (χ0v) is 53.1. The van der Waals surface area contributed by atoms with Crippen molar-refractivity contribution < 1.29 is 28.6 Å². The summed E-state index contributed by atoms with van der Waals surface area (Å²) in [5.41, 5.74) is 0. The van der Waals surface area contributed by atoms with Gasteiger partial charge >= 0.3 is 17.9 Å². The number of hydrogen-bond donors (Lipinski definition) is 0. The Morgan fingerprint density at radius 2 is 0.487 bits per heavy atom. The van der Waals surface area contributed by atoms with Gasteiger partial charge in [0.05, 0.1) is 0 Å². The number of carbonyl (C=O) groups is 3. The molecule has 0 aromatic heterocycles. The van der Waals surface area contributed by atoms with Gasteiger partial charge in [-0.05, 0) is 96.3 Å². The van der Waals surface area contributed by atoms with Crippen LogP contribution in [0.1, 0.15) is 348 Å². The molecule has 6 nitrogen and oxygen atoms in total. The van der Waals surface area contributed by atoms with Crippen molar-refractivity contribution >= 4 is 17.9 Å². The first-order chi connectivity index (χ1) is 39.5. The van der Waals surface area contributed by atoms with Gasteiger partial charge in [0.15, 0.2) is 6.10 Å². The smallest absolute Gasteiger partial charge is 0.306 e. The maximum Gasteiger partial charge on any atom is 0.306 e. The summed E-state index contributed by atoms with van der Waals surface area (Å²) >= 11 is 0. The summed E-state index contributed by atoms with van der Waals surface area (Å²) in [6.45, 7) is 6.53. The second-order valence-electron chi connectivity index (χ2n) is 23.1. The van der Waals surface area contributed by atoms with Crippen LogP contribution in [0.15, 0.2) is 85.1 Å². The average Bonchev–Trinajstić information content (AvgIpc) is 3.46. The van der Waals surface area contributed by atoms with Crippen molar-refractivity contribution in [1.29, 1.82) is 0 Å². The Hall–Kier alpha value is -3.41. The van der Waals surface area contributed by atoms with E-state index in [2.05, 4.69) is 106 Å². The Morgan fingerprint density at radius 3 is 0.800 bits per heavy atom. The SMILES string of the molecule is CC/C=C\C/C=C\C/C=C\C/C=C\C/C=C\C/C=C\CCCCC(=O)OC(COC(=O)CCCCCCC/C=C\CCCCCCCC)COC(=O)CCCCCCCCCCCCCCCCCCCCCCCCCCCC. The zero-order valence-electron chi connectivity index (χ0n) is 53.1. The van der Waals surface area contributed by atoms with Crippen LogP contribution in [-0.4, -0.2) is 37.2 Å². The van der Waals surface area contributed by atoms with E-state index in [1.807, 2.05) is 0 Å². The van der Waals surface area contributed by atoms with Crippen molar-refractivity contribution in [2.75, 3.05) is 13.2 Å². The zero-order chi connectivity index (χ0) is 57.8. The van der Waals surface area contributed by atoms with Crippen LogP contribution < -0.4 is 0 Å². The lowest BCUT2D eigenvalue weighted by atomic mass is 10.0. The van der Waals surface area contributed by atoms with Crippen LogP contribution in [-0.2, 0) is 28.6 Å². The van der Waals surface area contributed by atoms with Gasteiger partial charge in [0.1, 0.15) is 13.2 Å². The molecule has 6 heteroatoms. The Kier molecular flexibility index (Phi) is 65.2. The molecule has 0 bridgehead atoms. The van der Waals surface area contributed by atoms with Crippen LogP contribution in [0.2, 0.25) is 0 Å². The number of ether oxygens (including phenoxy) is 3. The van der Waals surface area contributed by atoms with Crippen LogP contribution in [0, 0.1) is 0 Å². The van der Waals surface area contributed by atoms with E-state index >= 15 is 0 Å². The van der Waals surface area contributed by atoms with Crippen LogP contribution in [0.5, 0.6) is 0 Å². The number of carbonyl (C=O) groups excluding carboxylic acids is 3. The van der Waals surface area contributed by atoms with E-state index in [1.54, 1.807) is 0 Å². The van der Waals surface area contributed by atoms with Gasteiger partial charge in [0.2, 0.25) is 0 Å². The van der Waals surface area contributed by atoms with E-state index in [0.717, 1.165) is 96.3 Å². The maximum absolute atomic E-state index is 12.9. The molecule has 0 saturated heterocycles. The predicted octanol–water partition coefficient (Wildman–Crippen LogP) is 23.8. The van der Waals surface area contributed by atoms with Crippen molar-refractivity contribution in [1.82, 2.24) is 0 Å². The standard InChI is InChI=1S/C74H130O6/c1-4-7-10-13-16-19-22-25-28-30-32-34-35-36-37-38-40-41-43-46-49-52-55-58-61-64-67-73(76)79-70-71(69-78-72(75)66-63-60-57-54-51-48-45-27-24-21-18-15-12-9-6-3)80-74(77)68-65-62-59-56-53-50-47-44-42-39-33-31-29-26-23-20-17-14-11-8-5-2/h8,11,17,20,26-27,29,33,39,44-45,47,53,56,71H,4-7,9-10,12-16,18-19,21-25,28,30-32,34-38,40-43,46,48-52,54-55,57-70H2,1-3H3/b11-8-,20-17-,29-26-,39-33-,45-27-,47-44-,56-53-. The number of rotatable bonds is 63. The van der Waals surface area contributed by atoms with Gasteiger partial charge in [-0.15, -0.1) is 0 Å². The summed E-state index contributed by atoms with van der Waals surface area (Å²) in [5.74, 6) is -0.930. The Bertz CT molecular complexity index is 1520. The summed E-state index contributed by atoms with van der Waals surface area (Å²) in [4.78, 5) is 38.4. The summed E-state index contributed by atoms with van der Waals surface area (Å²) in [7, 11) is 0. The molecule has 0 heterocycles. The Balaban J connectivity index is 4.36. The van der Waals surface area contributed by atoms with Gasteiger partial charge in [-0.25, -0.2) is 0 Å². The van der Waals surface area contributed by atoms with Crippen molar-refractivity contribution in [3.05, 3.63) is 85.1 Å². The minimum atomic E-state index is -0.804. The van der Waals surface area contributed by atoms with Crippen LogP contribution >= 0.6 is 0 Å². The molecule has 462 valence electrons. The quantitative estimate of drug-likeness (QED) is 0.0261. The topological polar surface area (TPSA) is 78.9 Å². The molecule has 1 atom stereocenters. The van der Waals surface area contributed by atoms with Crippen molar-refractivity contribution in [2.24, 2.45) is 0 Å². The minimum Gasteiger partial charge on any atom is -0.462 e. The normalized spacial score (nSPS) is 12.6. The second kappa shape index (κ2) is 68.1. The van der Waals surface area contributed by atoms with Gasteiger partial charge in [-0.2, -0.15) is 0 Å². The average molecular weight is 1120 g/mol. The van der Waals surface area contributed by atoms with Gasteiger partial charge in [-0.3, -0.25) is 14.4 Å². The van der Waals surface area contributed by atoms with Crippen molar-refractivity contribution in [2.45, 2.75) is 354 Å². The molecule has 80 heavy (non-hydrogen) atoms. The molecule has 0 aliphatic carbocycles. The molecule has 0 aromatic rings. The van der Waals surface area contributed by atoms with E-state index < -0.39 is 6.10 Å². The first kappa shape index (κ1) is 76.6. The molecule has 0 N–H and O–H groups in total. The molecular formula is C74H130O6. The fraction of sp³-hybridized carbons (Fsp3) is 0.770. The third kappa shape index (κ3) is 65.4. The number of allylic oxidation sites excluding steroid dienone is 14. The summed E-state index contributed by atoms with van der Waals surface area (Å²) < 4.78 is 16.9. The van der Waals surface area contributed by atoms with E-state index in [0.29, 0.717) is 19.3 Å². The maximum atomic E-state index is 12.9. The van der Waals surface area contributed by atoms with Gasteiger partial charge in [0.25, 0.3) is 0 Å². The first-order valence-corrected chi connectivity index (χ1v) is 34.6. The van der Waals surface area contributed by atoms with Crippen molar-refractivity contribution in [3.8, 4) is 0 Å². The summed E-state index contributed by atoms with van der Waals surface area (Å²) in [6.07, 6.45) is 90.4. The molecule has 0 aliphatic rings. The van der Waals surface area contributed by atoms with Crippen LogP contribution in [0.3, 0.4) is 0 Å². The molecule has 0 rings (SSSR count). The largest absolute Gasteiger partial charge is 0.462 e. The lowest BCUT2D eigenvalue weighted by Gasteiger charge is -2.18. The predicted molar refractivity (Wildman–Crippen MR) is 348 cm³/mol. The molecule has 0 saturated carbocycles. The minimum absolute atomic E-state index is 0.0940. The third-order valence-corrected chi connectivity index (χ3v) is 15.1. The highest BCUT2D eigenvalue weighted by Gasteiger charge is 2.19. The van der Waals surface area contributed by atoms with Crippen molar-refractivity contribution in [3.63, 3.8) is 0 Å². The number of hydrogen-bond acceptors (Lipinski definition) is 6. The third-order valence-electron chi connectivity index (χ3n) is 15.1. The summed E-state index contributed by atoms with van der Waals surface area (Å²) in [5, 5.41) is 0. The highest BCUT2D eigenvalue weighted by Crippen LogP contribution is 2.18. The van der Waals surface area contributed by atoms with Gasteiger partial charge in [0, 0.05) is 19.3 Å². The number of unbranched alkanes of at least 4 members (excludes halogenated alkanes) is 38. The van der Waals surface area contributed by atoms with E-state index in [-0.39, 0.29) is 37.5 Å². The van der Waals surface area contributed by atoms with Crippen LogP contribution in [0.4, 0.5) is 0 Å². The molecule has 0 aromatic carbocycles. The first-order valence-electron chi connectivity index (χ1n) is 34.6. The van der Waals surface area contributed by atoms with E-state index in [9.17, 15) is 14.4 Å². The monoisotopic (exact) mass is 1110 g/mol. The van der Waals surface area contributed by atoms with Gasteiger partial charge in [-0.1, -0.05) is 318 Å². The molecular weight excluding hydrogens is 985 g/mol.